The molecule has 3 rings (SSSR count). The predicted octanol–water partition coefficient (Wildman–Crippen LogP) is 23.1. The first-order valence-electron chi connectivity index (χ1n) is 28.9. The van der Waals surface area contributed by atoms with Crippen LogP contribution in [0.5, 0.6) is 0 Å². The molecule has 0 aliphatic rings. The Morgan fingerprint density at radius 1 is 0.297 bits per heavy atom. The van der Waals surface area contributed by atoms with Crippen LogP contribution in [0.25, 0.3) is 20.9 Å². The van der Waals surface area contributed by atoms with Crippen LogP contribution in [0.3, 0.4) is 0 Å². The van der Waals surface area contributed by atoms with Crippen molar-refractivity contribution in [3.63, 3.8) is 0 Å². The standard InChI is InChI=1S/C62H106S2/c1-5-9-13-17-21-25-27-31-35-39-44-55(42-37-33-29-23-19-15-11-7-3)52-59-48-50-61(63-59)57-46-41-47-58(54-57)62-51-49-60(64-62)53-56(43-38-34-30-24-20-16-12-8-4)45-40-36-32-28-26-22-18-14-10-6-2/h41,46-51,54-56H,5-40,42-45,52-53H2,1-4H3. The van der Waals surface area contributed by atoms with E-state index in [0.29, 0.717) is 0 Å². The fourth-order valence-electron chi connectivity index (χ4n) is 10.4. The number of thiophene rings is 2. The van der Waals surface area contributed by atoms with E-state index in [0.717, 1.165) is 11.8 Å². The summed E-state index contributed by atoms with van der Waals surface area (Å²) in [6.07, 6.45) is 59.8. The maximum Gasteiger partial charge on any atom is 0.0345 e. The summed E-state index contributed by atoms with van der Waals surface area (Å²) in [5, 5.41) is 0. The minimum absolute atomic E-state index is 0.848. The topological polar surface area (TPSA) is 0 Å². The highest BCUT2D eigenvalue weighted by molar-refractivity contribution is 7.16. The smallest absolute Gasteiger partial charge is 0.0345 e. The third kappa shape index (κ3) is 28.7. The van der Waals surface area contributed by atoms with Crippen LogP contribution in [0.1, 0.15) is 294 Å². The molecule has 0 saturated heterocycles. The highest BCUT2D eigenvalue weighted by atomic mass is 32.1. The Morgan fingerprint density at radius 2 is 0.547 bits per heavy atom. The monoisotopic (exact) mass is 915 g/mol. The summed E-state index contributed by atoms with van der Waals surface area (Å²) < 4.78 is 0. The van der Waals surface area contributed by atoms with Crippen molar-refractivity contribution in [3.05, 3.63) is 58.3 Å². The van der Waals surface area contributed by atoms with Gasteiger partial charge < -0.3 is 0 Å². The molecule has 0 fully saturated rings. The van der Waals surface area contributed by atoms with E-state index in [1.165, 1.54) is 291 Å². The summed E-state index contributed by atoms with van der Waals surface area (Å²) in [7, 11) is 0. The van der Waals surface area contributed by atoms with Gasteiger partial charge in [0.15, 0.2) is 0 Å². The molecule has 2 heteroatoms. The molecule has 366 valence electrons. The Hall–Kier alpha value is -1.38. The van der Waals surface area contributed by atoms with Gasteiger partial charge in [-0.1, -0.05) is 303 Å². The number of hydrogen-bond donors (Lipinski definition) is 0. The molecule has 0 N–H and O–H groups in total. The average molecular weight is 916 g/mol. The van der Waals surface area contributed by atoms with Gasteiger partial charge in [-0.05, 0) is 66.1 Å². The molecule has 2 unspecified atom stereocenters. The average Bonchev–Trinajstić information content (AvgIpc) is 3.99. The minimum atomic E-state index is 0.848. The molecular weight excluding hydrogens is 809 g/mol. The largest absolute Gasteiger partial charge is 0.140 e. The Labute approximate surface area is 408 Å². The van der Waals surface area contributed by atoms with E-state index in [1.54, 1.807) is 9.75 Å². The number of hydrogen-bond acceptors (Lipinski definition) is 2. The van der Waals surface area contributed by atoms with Crippen molar-refractivity contribution in [3.8, 4) is 20.9 Å². The second kappa shape index (κ2) is 40.7. The molecule has 0 aliphatic heterocycles. The van der Waals surface area contributed by atoms with Crippen LogP contribution in [0, 0.1) is 11.8 Å². The van der Waals surface area contributed by atoms with Gasteiger partial charge in [0.2, 0.25) is 0 Å². The van der Waals surface area contributed by atoms with Crippen LogP contribution < -0.4 is 0 Å². The van der Waals surface area contributed by atoms with Gasteiger partial charge in [-0.2, -0.15) is 0 Å². The lowest BCUT2D eigenvalue weighted by molar-refractivity contribution is 0.401. The van der Waals surface area contributed by atoms with Gasteiger partial charge in [0.1, 0.15) is 0 Å². The maximum atomic E-state index is 2.49. The van der Waals surface area contributed by atoms with Crippen LogP contribution in [-0.4, -0.2) is 0 Å². The lowest BCUT2D eigenvalue weighted by atomic mass is 9.91. The van der Waals surface area contributed by atoms with E-state index < -0.39 is 0 Å². The highest BCUT2D eigenvalue weighted by Crippen LogP contribution is 2.37. The van der Waals surface area contributed by atoms with Crippen molar-refractivity contribution in [1.82, 2.24) is 0 Å². The van der Waals surface area contributed by atoms with Crippen LogP contribution in [0.4, 0.5) is 0 Å². The van der Waals surface area contributed by atoms with Crippen LogP contribution in [0.15, 0.2) is 48.5 Å². The van der Waals surface area contributed by atoms with Crippen molar-refractivity contribution < 1.29 is 0 Å². The summed E-state index contributed by atoms with van der Waals surface area (Å²) in [4.78, 5) is 6.14. The van der Waals surface area contributed by atoms with Gasteiger partial charge in [-0.15, -0.1) is 22.7 Å². The Kier molecular flexibility index (Phi) is 36.2. The normalized spacial score (nSPS) is 12.7. The van der Waals surface area contributed by atoms with Crippen molar-refractivity contribution in [2.45, 2.75) is 297 Å². The molecule has 2 aromatic heterocycles. The molecular formula is C62H106S2. The van der Waals surface area contributed by atoms with Crippen molar-refractivity contribution in [1.29, 1.82) is 0 Å². The van der Waals surface area contributed by atoms with Crippen molar-refractivity contribution in [2.24, 2.45) is 11.8 Å². The second-order valence-electron chi connectivity index (χ2n) is 20.7. The zero-order chi connectivity index (χ0) is 45.4. The molecule has 0 radical (unpaired) electrons. The number of rotatable bonds is 46. The van der Waals surface area contributed by atoms with Gasteiger partial charge >= 0.3 is 0 Å². The van der Waals surface area contributed by atoms with E-state index in [9.17, 15) is 0 Å². The van der Waals surface area contributed by atoms with E-state index in [1.807, 2.05) is 0 Å². The lowest BCUT2D eigenvalue weighted by Crippen LogP contribution is -2.04. The van der Waals surface area contributed by atoms with E-state index in [2.05, 4.69) is 98.9 Å². The van der Waals surface area contributed by atoms with Gasteiger partial charge in [0.05, 0.1) is 0 Å². The molecule has 0 nitrogen and oxygen atoms in total. The third-order valence-electron chi connectivity index (χ3n) is 14.6. The first-order chi connectivity index (χ1) is 31.7. The van der Waals surface area contributed by atoms with Gasteiger partial charge in [0.25, 0.3) is 0 Å². The quantitative estimate of drug-likeness (QED) is 0.0496. The fourth-order valence-corrected chi connectivity index (χ4v) is 12.6. The SMILES string of the molecule is CCCCCCCCCCCCC(CCCCCCCCCC)Cc1ccc(-c2cccc(-c3ccc(CC(CCCCCCCCCC)CCCCCCCCCCCC)s3)c2)s1. The Bertz CT molecular complexity index is 1320. The first-order valence-corrected chi connectivity index (χ1v) is 30.6. The summed E-state index contributed by atoms with van der Waals surface area (Å²) in [6, 6.07) is 19.4. The molecule has 0 spiro atoms. The van der Waals surface area contributed by atoms with E-state index in [4.69, 9.17) is 0 Å². The van der Waals surface area contributed by atoms with Crippen LogP contribution in [0.2, 0.25) is 0 Å². The Balaban J connectivity index is 1.53. The van der Waals surface area contributed by atoms with Crippen LogP contribution >= 0.6 is 22.7 Å². The fraction of sp³-hybridized carbons (Fsp3) is 0.774. The number of unbranched alkanes of at least 4 members (excludes halogenated alkanes) is 32. The summed E-state index contributed by atoms with van der Waals surface area (Å²) >= 11 is 4.16. The molecule has 64 heavy (non-hydrogen) atoms. The molecule has 0 aliphatic carbocycles. The van der Waals surface area contributed by atoms with Gasteiger partial charge in [-0.25, -0.2) is 0 Å². The maximum absolute atomic E-state index is 2.49. The molecule has 2 atom stereocenters. The molecule has 1 aromatic carbocycles. The highest BCUT2D eigenvalue weighted by Gasteiger charge is 2.15. The summed E-state index contributed by atoms with van der Waals surface area (Å²) in [6.45, 7) is 9.30. The lowest BCUT2D eigenvalue weighted by Gasteiger charge is -2.16. The molecule has 0 saturated carbocycles. The third-order valence-corrected chi connectivity index (χ3v) is 16.9. The summed E-state index contributed by atoms with van der Waals surface area (Å²) in [5.41, 5.74) is 2.82. The zero-order valence-electron chi connectivity index (χ0n) is 43.3. The van der Waals surface area contributed by atoms with E-state index >= 15 is 0 Å². The molecule has 0 bridgehead atoms. The first kappa shape index (κ1) is 56.9. The number of benzene rings is 1. The van der Waals surface area contributed by atoms with E-state index in [-0.39, 0.29) is 0 Å². The van der Waals surface area contributed by atoms with Crippen molar-refractivity contribution in [2.75, 3.05) is 0 Å². The van der Waals surface area contributed by atoms with Crippen molar-refractivity contribution >= 4 is 22.7 Å². The van der Waals surface area contributed by atoms with Crippen LogP contribution in [-0.2, 0) is 12.8 Å². The zero-order valence-corrected chi connectivity index (χ0v) is 44.9. The molecule has 0 amide bonds. The van der Waals surface area contributed by atoms with Gasteiger partial charge in [0, 0.05) is 19.5 Å². The minimum Gasteiger partial charge on any atom is -0.140 e. The van der Waals surface area contributed by atoms with Gasteiger partial charge in [-0.3, -0.25) is 0 Å². The molecule has 3 aromatic rings. The predicted molar refractivity (Wildman–Crippen MR) is 295 cm³/mol. The second-order valence-corrected chi connectivity index (χ2v) is 23.1. The summed E-state index contributed by atoms with van der Waals surface area (Å²) in [5.74, 6) is 1.70. The Morgan fingerprint density at radius 3 is 0.812 bits per heavy atom. The molecule has 2 heterocycles.